The van der Waals surface area contributed by atoms with Crippen LogP contribution in [-0.4, -0.2) is 54.6 Å². The molecule has 2 amide bonds. The van der Waals surface area contributed by atoms with E-state index in [1.807, 2.05) is 25.6 Å². The standard InChI is InChI=1S/C16H28N2O3S/c1-12(2)10-21-16(20)18-6-3-14(4-7-18)15(19)17-9-13-5-8-22-11-13/h12-14H,3-11H2,1-2H3,(H,17,19)/t13-/m0/s1. The monoisotopic (exact) mass is 328 g/mol. The summed E-state index contributed by atoms with van der Waals surface area (Å²) in [6.07, 6.45) is 2.45. The molecule has 0 aliphatic carbocycles. The zero-order valence-electron chi connectivity index (χ0n) is 13.7. The fourth-order valence-corrected chi connectivity index (χ4v) is 4.07. The van der Waals surface area contributed by atoms with Gasteiger partial charge in [0.25, 0.3) is 0 Å². The lowest BCUT2D eigenvalue weighted by molar-refractivity contribution is -0.126. The molecular formula is C16H28N2O3S. The number of piperidine rings is 1. The van der Waals surface area contributed by atoms with Gasteiger partial charge >= 0.3 is 6.09 Å². The molecule has 2 aliphatic rings. The van der Waals surface area contributed by atoms with E-state index in [9.17, 15) is 9.59 Å². The molecule has 0 aromatic carbocycles. The fraction of sp³-hybridized carbons (Fsp3) is 0.875. The van der Waals surface area contributed by atoms with Crippen molar-refractivity contribution in [3.8, 4) is 0 Å². The number of thioether (sulfide) groups is 1. The van der Waals surface area contributed by atoms with Crippen molar-refractivity contribution in [3.63, 3.8) is 0 Å². The molecule has 0 saturated carbocycles. The molecule has 1 atom stereocenters. The first-order chi connectivity index (χ1) is 10.6. The van der Waals surface area contributed by atoms with Crippen LogP contribution >= 0.6 is 11.8 Å². The second kappa shape index (κ2) is 8.65. The van der Waals surface area contributed by atoms with Gasteiger partial charge in [-0.3, -0.25) is 4.79 Å². The zero-order chi connectivity index (χ0) is 15.9. The average molecular weight is 328 g/mol. The topological polar surface area (TPSA) is 58.6 Å². The Labute approximate surface area is 137 Å². The van der Waals surface area contributed by atoms with Crippen LogP contribution in [-0.2, 0) is 9.53 Å². The van der Waals surface area contributed by atoms with Crippen molar-refractivity contribution >= 4 is 23.8 Å². The highest BCUT2D eigenvalue weighted by Crippen LogP contribution is 2.23. The summed E-state index contributed by atoms with van der Waals surface area (Å²) in [5, 5.41) is 3.09. The van der Waals surface area contributed by atoms with Gasteiger partial charge in [-0.15, -0.1) is 0 Å². The summed E-state index contributed by atoms with van der Waals surface area (Å²) < 4.78 is 5.24. The Morgan fingerprint density at radius 1 is 1.27 bits per heavy atom. The predicted molar refractivity (Wildman–Crippen MR) is 88.9 cm³/mol. The van der Waals surface area contributed by atoms with Crippen molar-refractivity contribution in [2.45, 2.75) is 33.1 Å². The minimum absolute atomic E-state index is 0.0446. The fourth-order valence-electron chi connectivity index (χ4n) is 2.79. The number of nitrogens with one attached hydrogen (secondary N) is 1. The van der Waals surface area contributed by atoms with Crippen molar-refractivity contribution < 1.29 is 14.3 Å². The Morgan fingerprint density at radius 2 is 2.00 bits per heavy atom. The average Bonchev–Trinajstić information content (AvgIpc) is 3.03. The number of hydrogen-bond donors (Lipinski definition) is 1. The number of nitrogens with zero attached hydrogens (tertiary/aromatic N) is 1. The Bertz CT molecular complexity index is 376. The van der Waals surface area contributed by atoms with E-state index in [1.54, 1.807) is 4.90 Å². The number of likely N-dealkylation sites (tertiary alicyclic amines) is 1. The lowest BCUT2D eigenvalue weighted by Gasteiger charge is -2.31. The molecule has 2 aliphatic heterocycles. The van der Waals surface area contributed by atoms with Crippen LogP contribution in [0, 0.1) is 17.8 Å². The maximum atomic E-state index is 12.2. The van der Waals surface area contributed by atoms with Gasteiger partial charge in [-0.05, 0) is 42.6 Å². The van der Waals surface area contributed by atoms with Crippen molar-refractivity contribution in [2.75, 3.05) is 37.7 Å². The smallest absolute Gasteiger partial charge is 0.409 e. The molecule has 0 aromatic heterocycles. The first kappa shape index (κ1) is 17.4. The summed E-state index contributed by atoms with van der Waals surface area (Å²) in [4.78, 5) is 25.8. The number of ether oxygens (including phenoxy) is 1. The largest absolute Gasteiger partial charge is 0.449 e. The minimum atomic E-state index is -0.240. The summed E-state index contributed by atoms with van der Waals surface area (Å²) in [6.45, 7) is 6.54. The second-order valence-corrected chi connectivity index (χ2v) is 7.86. The van der Waals surface area contributed by atoms with Crippen molar-refractivity contribution in [1.82, 2.24) is 10.2 Å². The maximum absolute atomic E-state index is 12.2. The van der Waals surface area contributed by atoms with Crippen LogP contribution in [0.3, 0.4) is 0 Å². The van der Waals surface area contributed by atoms with Crippen LogP contribution in [0.25, 0.3) is 0 Å². The van der Waals surface area contributed by atoms with Crippen molar-refractivity contribution in [1.29, 1.82) is 0 Å². The third-order valence-electron chi connectivity index (χ3n) is 4.25. The summed E-state index contributed by atoms with van der Waals surface area (Å²) in [5.41, 5.74) is 0. The Morgan fingerprint density at radius 3 is 2.59 bits per heavy atom. The van der Waals surface area contributed by atoms with E-state index in [0.29, 0.717) is 31.5 Å². The van der Waals surface area contributed by atoms with E-state index < -0.39 is 0 Å². The van der Waals surface area contributed by atoms with E-state index in [2.05, 4.69) is 5.32 Å². The summed E-state index contributed by atoms with van der Waals surface area (Å²) in [5.74, 6) is 3.58. The minimum Gasteiger partial charge on any atom is -0.449 e. The van der Waals surface area contributed by atoms with Crippen molar-refractivity contribution in [3.05, 3.63) is 0 Å². The Hall–Kier alpha value is -0.910. The van der Waals surface area contributed by atoms with Crippen LogP contribution in [0.5, 0.6) is 0 Å². The van der Waals surface area contributed by atoms with Gasteiger partial charge in [-0.1, -0.05) is 13.8 Å². The summed E-state index contributed by atoms with van der Waals surface area (Å²) in [7, 11) is 0. The van der Waals surface area contributed by atoms with Crippen LogP contribution in [0.1, 0.15) is 33.1 Å². The summed E-state index contributed by atoms with van der Waals surface area (Å²) in [6, 6.07) is 0. The van der Waals surface area contributed by atoms with Crippen LogP contribution in [0.15, 0.2) is 0 Å². The molecule has 2 rings (SSSR count). The molecule has 0 bridgehead atoms. The van der Waals surface area contributed by atoms with E-state index in [0.717, 1.165) is 19.4 Å². The number of amides is 2. The first-order valence-corrected chi connectivity index (χ1v) is 9.49. The SMILES string of the molecule is CC(C)COC(=O)N1CCC(C(=O)NC[C@@H]2CCSC2)CC1. The Balaban J connectivity index is 1.65. The second-order valence-electron chi connectivity index (χ2n) is 6.71. The molecule has 0 radical (unpaired) electrons. The van der Waals surface area contributed by atoms with E-state index >= 15 is 0 Å². The number of carbonyl (C=O) groups excluding carboxylic acids is 2. The van der Waals surface area contributed by atoms with Gasteiger partial charge in [-0.25, -0.2) is 4.79 Å². The van der Waals surface area contributed by atoms with E-state index in [-0.39, 0.29) is 17.9 Å². The molecule has 5 nitrogen and oxygen atoms in total. The third-order valence-corrected chi connectivity index (χ3v) is 5.48. The van der Waals surface area contributed by atoms with Gasteiger partial charge < -0.3 is 15.0 Å². The zero-order valence-corrected chi connectivity index (χ0v) is 14.5. The molecule has 0 spiro atoms. The highest BCUT2D eigenvalue weighted by atomic mass is 32.2. The maximum Gasteiger partial charge on any atom is 0.409 e. The molecule has 126 valence electrons. The van der Waals surface area contributed by atoms with Gasteiger partial charge in [0.15, 0.2) is 0 Å². The van der Waals surface area contributed by atoms with E-state index in [4.69, 9.17) is 4.74 Å². The summed E-state index contributed by atoms with van der Waals surface area (Å²) >= 11 is 1.97. The molecule has 6 heteroatoms. The molecule has 0 unspecified atom stereocenters. The number of carbonyl (C=O) groups is 2. The predicted octanol–water partition coefficient (Wildman–Crippen LogP) is 2.36. The van der Waals surface area contributed by atoms with Crippen LogP contribution in [0.4, 0.5) is 4.79 Å². The molecule has 22 heavy (non-hydrogen) atoms. The molecule has 2 heterocycles. The van der Waals surface area contributed by atoms with Gasteiger partial charge in [0.1, 0.15) is 0 Å². The van der Waals surface area contributed by atoms with Gasteiger partial charge in [0, 0.05) is 25.6 Å². The molecular weight excluding hydrogens is 300 g/mol. The third kappa shape index (κ3) is 5.38. The van der Waals surface area contributed by atoms with Gasteiger partial charge in [-0.2, -0.15) is 11.8 Å². The molecule has 0 aromatic rings. The van der Waals surface area contributed by atoms with Crippen LogP contribution in [0.2, 0.25) is 0 Å². The molecule has 2 fully saturated rings. The number of hydrogen-bond acceptors (Lipinski definition) is 4. The lowest BCUT2D eigenvalue weighted by Crippen LogP contribution is -2.44. The normalized spacial score (nSPS) is 22.9. The first-order valence-electron chi connectivity index (χ1n) is 8.33. The quantitative estimate of drug-likeness (QED) is 0.842. The molecule has 2 saturated heterocycles. The lowest BCUT2D eigenvalue weighted by atomic mass is 9.96. The highest BCUT2D eigenvalue weighted by Gasteiger charge is 2.28. The Kier molecular flexibility index (Phi) is 6.86. The highest BCUT2D eigenvalue weighted by molar-refractivity contribution is 7.99. The van der Waals surface area contributed by atoms with Gasteiger partial charge in [0.2, 0.25) is 5.91 Å². The number of rotatable bonds is 5. The van der Waals surface area contributed by atoms with Gasteiger partial charge in [0.05, 0.1) is 6.61 Å². The molecule has 1 N–H and O–H groups in total. The van der Waals surface area contributed by atoms with E-state index in [1.165, 1.54) is 17.9 Å². The van der Waals surface area contributed by atoms with Crippen molar-refractivity contribution in [2.24, 2.45) is 17.8 Å². The van der Waals surface area contributed by atoms with Crippen LogP contribution < -0.4 is 5.32 Å².